The number of halogens is 4. The van der Waals surface area contributed by atoms with Crippen LogP contribution in [-0.2, 0) is 21.7 Å². The minimum absolute atomic E-state index is 0. The Morgan fingerprint density at radius 3 is 1.75 bits per heavy atom. The van der Waals surface area contributed by atoms with E-state index in [-0.39, 0.29) is 71.3 Å². The maximum atomic E-state index is 2.16. The molecule has 2 aromatic carbocycles. The molecule has 0 spiro atoms. The third-order valence-electron chi connectivity index (χ3n) is 2.01. The molecule has 16 heavy (non-hydrogen) atoms. The second-order valence-electron chi connectivity index (χ2n) is 2.80. The van der Waals surface area contributed by atoms with Gasteiger partial charge in [0.2, 0.25) is 0 Å². The first-order valence-corrected chi connectivity index (χ1v) is 3.82. The van der Waals surface area contributed by atoms with Crippen LogP contribution in [0.4, 0.5) is 0 Å². The predicted molar refractivity (Wildman–Crippen MR) is 48.7 cm³/mol. The third-order valence-corrected chi connectivity index (χ3v) is 2.01. The summed E-state index contributed by atoms with van der Waals surface area (Å²) in [7, 11) is 0. The van der Waals surface area contributed by atoms with Crippen molar-refractivity contribution in [1.29, 1.82) is 0 Å². The van der Waals surface area contributed by atoms with E-state index in [4.69, 9.17) is 0 Å². The standard InChI is InChI=1S/C11H10.4ClH.Ti/c1-9-5-4-7-10-6-2-3-8-11(9)10;;;;;/h2-8H,1H3;4*1H;/q;;;;;+4/p-4. The smallest absolute Gasteiger partial charge is 1.00 e. The molecule has 0 aliphatic heterocycles. The number of fused-ring (bicyclic) bond motifs is 1. The van der Waals surface area contributed by atoms with Crippen LogP contribution < -0.4 is 49.6 Å². The maximum Gasteiger partial charge on any atom is 4.00 e. The summed E-state index contributed by atoms with van der Waals surface area (Å²) in [5, 5.41) is 2.68. The zero-order valence-corrected chi connectivity index (χ0v) is 13.1. The fourth-order valence-electron chi connectivity index (χ4n) is 1.39. The van der Waals surface area contributed by atoms with E-state index < -0.39 is 0 Å². The summed E-state index contributed by atoms with van der Waals surface area (Å²) in [6.45, 7) is 2.14. The number of hydrogen-bond acceptors (Lipinski definition) is 0. The molecule has 86 valence electrons. The van der Waals surface area contributed by atoms with Gasteiger partial charge in [-0.05, 0) is 23.3 Å². The van der Waals surface area contributed by atoms with Gasteiger partial charge < -0.3 is 49.6 Å². The number of aryl methyl sites for hydroxylation is 1. The van der Waals surface area contributed by atoms with Gasteiger partial charge >= 0.3 is 21.7 Å². The Morgan fingerprint density at radius 2 is 1.19 bits per heavy atom. The van der Waals surface area contributed by atoms with Gasteiger partial charge in [0.1, 0.15) is 0 Å². The Bertz CT molecular complexity index is 387. The summed E-state index contributed by atoms with van der Waals surface area (Å²) < 4.78 is 0. The van der Waals surface area contributed by atoms with Crippen LogP contribution in [0.1, 0.15) is 5.56 Å². The Morgan fingerprint density at radius 1 is 0.688 bits per heavy atom. The average Bonchev–Trinajstić information content (AvgIpc) is 2.06. The Kier molecular flexibility index (Phi) is 19.1. The van der Waals surface area contributed by atoms with Gasteiger partial charge in [0, 0.05) is 0 Å². The van der Waals surface area contributed by atoms with Crippen molar-refractivity contribution in [1.82, 2.24) is 0 Å². The summed E-state index contributed by atoms with van der Waals surface area (Å²) in [5.41, 5.74) is 1.35. The third kappa shape index (κ3) is 5.77. The van der Waals surface area contributed by atoms with E-state index in [1.165, 1.54) is 16.3 Å². The van der Waals surface area contributed by atoms with E-state index in [0.717, 1.165) is 0 Å². The monoisotopic (exact) mass is 330 g/mol. The van der Waals surface area contributed by atoms with E-state index in [2.05, 4.69) is 49.4 Å². The van der Waals surface area contributed by atoms with E-state index in [0.29, 0.717) is 0 Å². The SMILES string of the molecule is Cc1cccc2ccccc12.[Cl-].[Cl-].[Cl-].[Cl-].[Ti+4]. The molecule has 0 bridgehead atoms. The molecular weight excluding hydrogens is 322 g/mol. The summed E-state index contributed by atoms with van der Waals surface area (Å²) in [4.78, 5) is 0. The molecule has 0 N–H and O–H groups in total. The second kappa shape index (κ2) is 12.0. The van der Waals surface area contributed by atoms with Crippen LogP contribution in [0.3, 0.4) is 0 Å². The van der Waals surface area contributed by atoms with Crippen LogP contribution >= 0.6 is 0 Å². The molecule has 0 fully saturated rings. The van der Waals surface area contributed by atoms with Crippen molar-refractivity contribution in [2.75, 3.05) is 0 Å². The average molecular weight is 332 g/mol. The Hall–Kier alpha value is 0.574. The van der Waals surface area contributed by atoms with Gasteiger partial charge in [0.05, 0.1) is 0 Å². The normalized spacial score (nSPS) is 7.06. The zero-order chi connectivity index (χ0) is 7.68. The molecule has 0 heterocycles. The molecule has 5 heteroatoms. The van der Waals surface area contributed by atoms with E-state index in [1.807, 2.05) is 0 Å². The fraction of sp³-hybridized carbons (Fsp3) is 0.0909. The van der Waals surface area contributed by atoms with Gasteiger partial charge in [-0.1, -0.05) is 42.5 Å². The second-order valence-corrected chi connectivity index (χ2v) is 2.80. The first-order valence-electron chi connectivity index (χ1n) is 3.82. The molecule has 0 saturated heterocycles. The van der Waals surface area contributed by atoms with Gasteiger partial charge in [0.25, 0.3) is 0 Å². The summed E-state index contributed by atoms with van der Waals surface area (Å²) in [6, 6.07) is 14.8. The number of rotatable bonds is 0. The van der Waals surface area contributed by atoms with Crippen molar-refractivity contribution in [3.8, 4) is 0 Å². The van der Waals surface area contributed by atoms with Crippen molar-refractivity contribution in [2.24, 2.45) is 0 Å². The van der Waals surface area contributed by atoms with Crippen molar-refractivity contribution in [3.05, 3.63) is 48.0 Å². The van der Waals surface area contributed by atoms with Crippen LogP contribution in [0.15, 0.2) is 42.5 Å². The maximum absolute atomic E-state index is 2.16. The van der Waals surface area contributed by atoms with E-state index >= 15 is 0 Å². The molecule has 0 aliphatic rings. The Balaban J connectivity index is -0.000000144. The molecule has 0 unspecified atom stereocenters. The molecule has 0 aromatic heterocycles. The van der Waals surface area contributed by atoms with Crippen LogP contribution in [-0.4, -0.2) is 0 Å². The minimum Gasteiger partial charge on any atom is -1.00 e. The van der Waals surface area contributed by atoms with Gasteiger partial charge in [-0.25, -0.2) is 0 Å². The van der Waals surface area contributed by atoms with Gasteiger partial charge in [-0.3, -0.25) is 0 Å². The topological polar surface area (TPSA) is 0 Å². The van der Waals surface area contributed by atoms with Crippen LogP contribution in [0.5, 0.6) is 0 Å². The van der Waals surface area contributed by atoms with E-state index in [1.54, 1.807) is 0 Å². The molecular formula is C11H10Cl4Ti. The minimum atomic E-state index is 0. The van der Waals surface area contributed by atoms with Crippen molar-refractivity contribution in [3.63, 3.8) is 0 Å². The number of benzene rings is 2. The quantitative estimate of drug-likeness (QED) is 0.421. The molecule has 0 atom stereocenters. The fourth-order valence-corrected chi connectivity index (χ4v) is 1.39. The van der Waals surface area contributed by atoms with Gasteiger partial charge in [-0.15, -0.1) is 0 Å². The first-order chi connectivity index (χ1) is 5.38. The van der Waals surface area contributed by atoms with Crippen molar-refractivity contribution < 1.29 is 71.3 Å². The Labute approximate surface area is 136 Å². The molecule has 2 rings (SSSR count). The summed E-state index contributed by atoms with van der Waals surface area (Å²) >= 11 is 0. The largest absolute Gasteiger partial charge is 4.00 e. The molecule has 0 aliphatic carbocycles. The van der Waals surface area contributed by atoms with Crippen LogP contribution in [0.25, 0.3) is 10.8 Å². The molecule has 0 nitrogen and oxygen atoms in total. The molecule has 0 saturated carbocycles. The molecule has 0 radical (unpaired) electrons. The summed E-state index contributed by atoms with van der Waals surface area (Å²) in [6.07, 6.45) is 0. The van der Waals surface area contributed by atoms with Crippen molar-refractivity contribution in [2.45, 2.75) is 6.92 Å². The van der Waals surface area contributed by atoms with E-state index in [9.17, 15) is 0 Å². The first kappa shape index (κ1) is 25.4. The van der Waals surface area contributed by atoms with Crippen molar-refractivity contribution >= 4 is 10.8 Å². The van der Waals surface area contributed by atoms with Gasteiger partial charge in [-0.2, -0.15) is 0 Å². The van der Waals surface area contributed by atoms with Crippen LogP contribution in [0.2, 0.25) is 0 Å². The summed E-state index contributed by atoms with van der Waals surface area (Å²) in [5.74, 6) is 0. The predicted octanol–water partition coefficient (Wildman–Crippen LogP) is -8.84. The van der Waals surface area contributed by atoms with Gasteiger partial charge in [0.15, 0.2) is 0 Å². The van der Waals surface area contributed by atoms with Crippen LogP contribution in [0, 0.1) is 6.92 Å². The number of hydrogen-bond donors (Lipinski definition) is 0. The zero-order valence-electron chi connectivity index (χ0n) is 8.55. The molecule has 2 aromatic rings. The molecule has 0 amide bonds.